The van der Waals surface area contributed by atoms with E-state index in [9.17, 15) is 13.2 Å². The highest BCUT2D eigenvalue weighted by Gasteiger charge is 2.31. The van der Waals surface area contributed by atoms with E-state index >= 15 is 0 Å². The van der Waals surface area contributed by atoms with E-state index in [1.54, 1.807) is 24.3 Å². The van der Waals surface area contributed by atoms with Crippen molar-refractivity contribution in [1.29, 1.82) is 0 Å². The van der Waals surface area contributed by atoms with Crippen LogP contribution < -0.4 is 5.43 Å². The molecule has 0 aliphatic carbocycles. The third-order valence-corrected chi connectivity index (χ3v) is 3.19. The van der Waals surface area contributed by atoms with Crippen molar-refractivity contribution in [3.05, 3.63) is 64.7 Å². The van der Waals surface area contributed by atoms with Crippen LogP contribution in [0.1, 0.15) is 11.1 Å². The summed E-state index contributed by atoms with van der Waals surface area (Å²) in [5.74, 6) is 0. The third kappa shape index (κ3) is 4.12. The lowest BCUT2D eigenvalue weighted by Gasteiger charge is -2.09. The molecular formula is C14H9Cl2F3N2. The van der Waals surface area contributed by atoms with Crippen LogP contribution >= 0.6 is 23.2 Å². The van der Waals surface area contributed by atoms with Gasteiger partial charge in [0.25, 0.3) is 0 Å². The Hall–Kier alpha value is -1.72. The van der Waals surface area contributed by atoms with Crippen molar-refractivity contribution in [2.45, 2.75) is 6.18 Å². The Morgan fingerprint density at radius 1 is 1.05 bits per heavy atom. The predicted molar refractivity (Wildman–Crippen MR) is 78.9 cm³/mol. The molecule has 0 saturated heterocycles. The molecule has 2 aromatic rings. The first-order valence-corrected chi connectivity index (χ1v) is 6.55. The molecule has 1 N–H and O–H groups in total. The number of rotatable bonds is 3. The lowest BCUT2D eigenvalue weighted by atomic mass is 10.1. The van der Waals surface area contributed by atoms with Crippen LogP contribution in [0.25, 0.3) is 0 Å². The van der Waals surface area contributed by atoms with E-state index in [-0.39, 0.29) is 15.8 Å². The Morgan fingerprint density at radius 3 is 2.33 bits per heavy atom. The average Bonchev–Trinajstić information content (AvgIpc) is 2.45. The molecular weight excluding hydrogens is 324 g/mol. The van der Waals surface area contributed by atoms with Crippen LogP contribution in [0.5, 0.6) is 0 Å². The molecule has 0 atom stereocenters. The maximum Gasteiger partial charge on any atom is 0.416 e. The smallest absolute Gasteiger partial charge is 0.277 e. The summed E-state index contributed by atoms with van der Waals surface area (Å²) in [5, 5.41) is 3.76. The number of nitrogens with zero attached hydrogens (tertiary/aromatic N) is 1. The van der Waals surface area contributed by atoms with Crippen LogP contribution in [-0.2, 0) is 6.18 Å². The second kappa shape index (κ2) is 6.37. The van der Waals surface area contributed by atoms with Crippen LogP contribution in [0, 0.1) is 0 Å². The zero-order chi connectivity index (χ0) is 15.5. The summed E-state index contributed by atoms with van der Waals surface area (Å²) < 4.78 is 38.0. The zero-order valence-corrected chi connectivity index (χ0v) is 12.0. The lowest BCUT2D eigenvalue weighted by molar-refractivity contribution is -0.137. The van der Waals surface area contributed by atoms with Crippen LogP contribution in [-0.4, -0.2) is 5.17 Å². The van der Waals surface area contributed by atoms with Crippen LogP contribution in [0.3, 0.4) is 0 Å². The number of hydrazone groups is 1. The van der Waals surface area contributed by atoms with Gasteiger partial charge in [0, 0.05) is 5.56 Å². The van der Waals surface area contributed by atoms with Gasteiger partial charge >= 0.3 is 6.18 Å². The Kier molecular flexibility index (Phi) is 4.75. The fraction of sp³-hybridized carbons (Fsp3) is 0.0714. The highest BCUT2D eigenvalue weighted by atomic mass is 35.5. The average molecular weight is 333 g/mol. The Morgan fingerprint density at radius 2 is 1.71 bits per heavy atom. The molecule has 0 fully saturated rings. The summed E-state index contributed by atoms with van der Waals surface area (Å²) in [6.07, 6.45) is -4.47. The molecule has 2 rings (SSSR count). The van der Waals surface area contributed by atoms with E-state index in [0.717, 1.165) is 18.2 Å². The minimum atomic E-state index is -4.47. The van der Waals surface area contributed by atoms with Gasteiger partial charge in [-0.2, -0.15) is 18.3 Å². The number of anilines is 1. The predicted octanol–water partition coefficient (Wildman–Crippen LogP) is 5.37. The molecule has 0 amide bonds. The van der Waals surface area contributed by atoms with Crippen molar-refractivity contribution < 1.29 is 13.2 Å². The summed E-state index contributed by atoms with van der Waals surface area (Å²) in [5.41, 5.74) is 2.47. The molecule has 0 heterocycles. The molecule has 0 saturated carbocycles. The highest BCUT2D eigenvalue weighted by molar-refractivity contribution is 6.70. The van der Waals surface area contributed by atoms with Crippen molar-refractivity contribution in [3.63, 3.8) is 0 Å². The van der Waals surface area contributed by atoms with Crippen molar-refractivity contribution in [3.8, 4) is 0 Å². The number of hydrogen-bond acceptors (Lipinski definition) is 2. The number of para-hydroxylation sites is 1. The Bertz CT molecular complexity index is 655. The number of benzene rings is 2. The fourth-order valence-corrected chi connectivity index (χ4v) is 2.00. The molecule has 2 aromatic carbocycles. The van der Waals surface area contributed by atoms with Crippen molar-refractivity contribution in [2.75, 3.05) is 5.43 Å². The first-order chi connectivity index (χ1) is 9.88. The molecule has 0 radical (unpaired) electrons. The summed E-state index contributed by atoms with van der Waals surface area (Å²) in [4.78, 5) is 0. The standard InChI is InChI=1S/C14H9Cl2F3N2/c15-12-7-6-9(14(17,18)19)8-11(12)13(16)21-20-10-4-2-1-3-5-10/h1-8,20H. The van der Waals surface area contributed by atoms with Crippen molar-refractivity contribution in [2.24, 2.45) is 5.10 Å². The van der Waals surface area contributed by atoms with Gasteiger partial charge in [0.2, 0.25) is 0 Å². The Balaban J connectivity index is 2.28. The van der Waals surface area contributed by atoms with Crippen molar-refractivity contribution >= 4 is 34.1 Å². The summed E-state index contributed by atoms with van der Waals surface area (Å²) in [6.45, 7) is 0. The van der Waals surface area contributed by atoms with E-state index in [4.69, 9.17) is 23.2 Å². The van der Waals surface area contributed by atoms with Gasteiger partial charge < -0.3 is 0 Å². The monoisotopic (exact) mass is 332 g/mol. The highest BCUT2D eigenvalue weighted by Crippen LogP contribution is 2.32. The molecule has 7 heteroatoms. The molecule has 0 unspecified atom stereocenters. The largest absolute Gasteiger partial charge is 0.416 e. The van der Waals surface area contributed by atoms with Gasteiger partial charge in [-0.3, -0.25) is 5.43 Å². The normalized spacial score (nSPS) is 12.3. The van der Waals surface area contributed by atoms with Gasteiger partial charge in [-0.25, -0.2) is 0 Å². The van der Waals surface area contributed by atoms with Crippen molar-refractivity contribution in [1.82, 2.24) is 0 Å². The molecule has 0 aromatic heterocycles. The SMILES string of the molecule is FC(F)(F)c1ccc(Cl)c(C(Cl)=NNc2ccccc2)c1. The zero-order valence-electron chi connectivity index (χ0n) is 10.5. The van der Waals surface area contributed by atoms with E-state index in [0.29, 0.717) is 5.69 Å². The Labute approximate surface area is 129 Å². The first kappa shape index (κ1) is 15.7. The number of nitrogens with one attached hydrogen (secondary N) is 1. The second-order valence-corrected chi connectivity index (χ2v) is 4.84. The van der Waals surface area contributed by atoms with Gasteiger partial charge in [0.15, 0.2) is 5.17 Å². The number of hydrogen-bond donors (Lipinski definition) is 1. The van der Waals surface area contributed by atoms with E-state index in [2.05, 4.69) is 10.5 Å². The molecule has 0 spiro atoms. The molecule has 2 nitrogen and oxygen atoms in total. The van der Waals surface area contributed by atoms with E-state index in [1.165, 1.54) is 0 Å². The number of halogens is 5. The van der Waals surface area contributed by atoms with E-state index < -0.39 is 11.7 Å². The van der Waals surface area contributed by atoms with Gasteiger partial charge in [0.1, 0.15) is 0 Å². The number of alkyl halides is 3. The summed E-state index contributed by atoms with van der Waals surface area (Å²) in [6, 6.07) is 11.7. The van der Waals surface area contributed by atoms with Gasteiger partial charge in [0.05, 0.1) is 16.3 Å². The first-order valence-electron chi connectivity index (χ1n) is 5.79. The summed E-state index contributed by atoms with van der Waals surface area (Å²) in [7, 11) is 0. The maximum absolute atomic E-state index is 12.7. The van der Waals surface area contributed by atoms with Gasteiger partial charge in [-0.15, -0.1) is 0 Å². The van der Waals surface area contributed by atoms with E-state index in [1.807, 2.05) is 6.07 Å². The van der Waals surface area contributed by atoms with Crippen LogP contribution in [0.2, 0.25) is 5.02 Å². The minimum Gasteiger partial charge on any atom is -0.277 e. The summed E-state index contributed by atoms with van der Waals surface area (Å²) >= 11 is 11.8. The van der Waals surface area contributed by atoms with Crippen LogP contribution in [0.15, 0.2) is 53.6 Å². The molecule has 0 aliphatic rings. The minimum absolute atomic E-state index is 0.0107. The molecule has 110 valence electrons. The molecule has 0 aliphatic heterocycles. The topological polar surface area (TPSA) is 24.4 Å². The second-order valence-electron chi connectivity index (χ2n) is 4.07. The van der Waals surface area contributed by atoms with Gasteiger partial charge in [-0.1, -0.05) is 41.4 Å². The third-order valence-electron chi connectivity index (χ3n) is 2.57. The van der Waals surface area contributed by atoms with Crippen LogP contribution in [0.4, 0.5) is 18.9 Å². The lowest BCUT2D eigenvalue weighted by Crippen LogP contribution is -2.07. The fourth-order valence-electron chi connectivity index (χ4n) is 1.55. The molecule has 0 bridgehead atoms. The molecule has 21 heavy (non-hydrogen) atoms. The maximum atomic E-state index is 12.7. The quantitative estimate of drug-likeness (QED) is 0.592. The van der Waals surface area contributed by atoms with Gasteiger partial charge in [-0.05, 0) is 30.3 Å².